The molecular formula is C63H51N. The first kappa shape index (κ1) is 38.5. The van der Waals surface area contributed by atoms with E-state index in [4.69, 9.17) is 0 Å². The van der Waals surface area contributed by atoms with Crippen molar-refractivity contribution in [3.05, 3.63) is 234 Å². The summed E-state index contributed by atoms with van der Waals surface area (Å²) in [7, 11) is 0. The molecule has 0 heterocycles. The highest BCUT2D eigenvalue weighted by atomic mass is 15.1. The van der Waals surface area contributed by atoms with Crippen LogP contribution in [0.25, 0.3) is 66.8 Å². The number of hydrogen-bond donors (Lipinski definition) is 0. The number of fused-ring (bicyclic) bond motifs is 9. The van der Waals surface area contributed by atoms with Crippen molar-refractivity contribution in [3.8, 4) is 66.8 Å². The molecule has 0 amide bonds. The predicted octanol–water partition coefficient (Wildman–Crippen LogP) is 17.1. The monoisotopic (exact) mass is 821 g/mol. The van der Waals surface area contributed by atoms with E-state index in [9.17, 15) is 0 Å². The average Bonchev–Trinajstić information content (AvgIpc) is 3.80. The molecule has 0 bridgehead atoms. The molecule has 0 radical (unpaired) electrons. The lowest BCUT2D eigenvalue weighted by Gasteiger charge is -2.28. The highest BCUT2D eigenvalue weighted by molar-refractivity contribution is 5.96. The van der Waals surface area contributed by atoms with Crippen LogP contribution in [0.1, 0.15) is 74.9 Å². The lowest BCUT2D eigenvalue weighted by atomic mass is 9.78. The fourth-order valence-corrected chi connectivity index (χ4v) is 11.6. The van der Waals surface area contributed by atoms with Gasteiger partial charge in [-0.15, -0.1) is 0 Å². The zero-order chi connectivity index (χ0) is 43.5. The molecule has 0 saturated heterocycles. The third-order valence-corrected chi connectivity index (χ3v) is 15.1. The molecular weight excluding hydrogens is 771 g/mol. The quantitative estimate of drug-likeness (QED) is 0.161. The van der Waals surface area contributed by atoms with E-state index in [1.54, 1.807) is 0 Å². The normalized spacial score (nSPS) is 15.1. The Bertz CT molecular complexity index is 3310. The molecule has 64 heavy (non-hydrogen) atoms. The van der Waals surface area contributed by atoms with E-state index in [1.165, 1.54) is 100 Å². The fourth-order valence-electron chi connectivity index (χ4n) is 11.6. The molecule has 9 aromatic carbocycles. The Labute approximate surface area is 378 Å². The van der Waals surface area contributed by atoms with Gasteiger partial charge in [-0.1, -0.05) is 181 Å². The first-order valence-electron chi connectivity index (χ1n) is 22.8. The van der Waals surface area contributed by atoms with Crippen molar-refractivity contribution in [2.45, 2.75) is 57.8 Å². The minimum Gasteiger partial charge on any atom is -0.310 e. The van der Waals surface area contributed by atoms with Gasteiger partial charge < -0.3 is 4.90 Å². The van der Waals surface area contributed by atoms with Gasteiger partial charge in [0.15, 0.2) is 0 Å². The van der Waals surface area contributed by atoms with E-state index in [0.717, 1.165) is 17.1 Å². The summed E-state index contributed by atoms with van der Waals surface area (Å²) in [5.74, 6) is 0. The van der Waals surface area contributed by atoms with Crippen molar-refractivity contribution in [2.75, 3.05) is 4.90 Å². The Balaban J connectivity index is 1.00. The maximum Gasteiger partial charge on any atom is 0.0465 e. The van der Waals surface area contributed by atoms with Crippen LogP contribution in [-0.4, -0.2) is 0 Å². The molecule has 0 aromatic heterocycles. The number of nitrogens with zero attached hydrogens (tertiary/aromatic N) is 1. The summed E-state index contributed by atoms with van der Waals surface area (Å²) in [6.45, 7) is 14.3. The van der Waals surface area contributed by atoms with Crippen LogP contribution in [0.4, 0.5) is 17.1 Å². The third kappa shape index (κ3) is 5.63. The van der Waals surface area contributed by atoms with Gasteiger partial charge >= 0.3 is 0 Å². The molecule has 308 valence electrons. The van der Waals surface area contributed by atoms with Crippen LogP contribution >= 0.6 is 0 Å². The van der Waals surface area contributed by atoms with Crippen molar-refractivity contribution in [3.63, 3.8) is 0 Å². The minimum atomic E-state index is -0.157. The molecule has 0 fully saturated rings. The molecule has 0 aliphatic heterocycles. The summed E-state index contributed by atoms with van der Waals surface area (Å²) in [4.78, 5) is 2.43. The third-order valence-electron chi connectivity index (χ3n) is 15.1. The largest absolute Gasteiger partial charge is 0.310 e. The van der Waals surface area contributed by atoms with Crippen molar-refractivity contribution < 1.29 is 0 Å². The highest BCUT2D eigenvalue weighted by Crippen LogP contribution is 2.58. The average molecular weight is 822 g/mol. The van der Waals surface area contributed by atoms with Crippen molar-refractivity contribution in [1.29, 1.82) is 0 Å². The molecule has 1 heteroatoms. The van der Waals surface area contributed by atoms with E-state index in [2.05, 4.69) is 247 Å². The number of anilines is 3. The van der Waals surface area contributed by atoms with Crippen LogP contribution in [0, 0.1) is 0 Å². The molecule has 9 aromatic rings. The lowest BCUT2D eigenvalue weighted by Crippen LogP contribution is -2.17. The van der Waals surface area contributed by atoms with Gasteiger partial charge in [-0.25, -0.2) is 0 Å². The topological polar surface area (TPSA) is 3.24 Å². The molecule has 0 atom stereocenters. The van der Waals surface area contributed by atoms with Crippen LogP contribution in [0.2, 0.25) is 0 Å². The number of rotatable bonds is 6. The minimum absolute atomic E-state index is 0.0667. The standard InChI is InChI=1S/C63H51N/c1-61(2)55-23-15-13-21-47(55)49-34-33-46(35-57(49)61)64(44-29-25-41(26-30-44)40-17-9-7-10-18-40)45-31-27-43(28-32-45)50-36-52-54-39-59-53(48-22-14-16-24-56(48)62(59,3)4)38-60(54)63(5,6)58(52)37-51(50)42-19-11-8-12-20-42/h7-39H,1-6H3. The van der Waals surface area contributed by atoms with Gasteiger partial charge in [-0.3, -0.25) is 0 Å². The Morgan fingerprint density at radius 2 is 0.578 bits per heavy atom. The molecule has 1 nitrogen and oxygen atoms in total. The lowest BCUT2D eigenvalue weighted by molar-refractivity contribution is 0.652. The van der Waals surface area contributed by atoms with Gasteiger partial charge in [0.2, 0.25) is 0 Å². The van der Waals surface area contributed by atoms with E-state index < -0.39 is 0 Å². The van der Waals surface area contributed by atoms with Gasteiger partial charge in [0.05, 0.1) is 0 Å². The molecule has 0 saturated carbocycles. The number of benzene rings is 9. The van der Waals surface area contributed by atoms with E-state index in [1.807, 2.05) is 0 Å². The number of hydrogen-bond acceptors (Lipinski definition) is 1. The van der Waals surface area contributed by atoms with Crippen molar-refractivity contribution in [2.24, 2.45) is 0 Å². The Morgan fingerprint density at radius 1 is 0.234 bits per heavy atom. The van der Waals surface area contributed by atoms with Crippen LogP contribution in [0.3, 0.4) is 0 Å². The SMILES string of the molecule is CC1(C)c2ccccc2-c2ccc(N(c3ccc(-c4ccccc4)cc3)c3ccc(-c4cc5c(cc4-c4ccccc4)C(C)(C)c4cc6c(cc4-5)C(C)(C)c4ccccc4-6)cc3)cc21. The highest BCUT2D eigenvalue weighted by Gasteiger charge is 2.42. The molecule has 3 aliphatic carbocycles. The second kappa shape index (κ2) is 13.9. The Hall–Kier alpha value is -7.22. The fraction of sp³-hybridized carbons (Fsp3) is 0.143. The second-order valence-electron chi connectivity index (χ2n) is 19.7. The van der Waals surface area contributed by atoms with E-state index in [-0.39, 0.29) is 16.2 Å². The van der Waals surface area contributed by atoms with Crippen LogP contribution in [0.5, 0.6) is 0 Å². The zero-order valence-corrected chi connectivity index (χ0v) is 37.5. The van der Waals surface area contributed by atoms with Crippen molar-refractivity contribution in [1.82, 2.24) is 0 Å². The van der Waals surface area contributed by atoms with Crippen molar-refractivity contribution >= 4 is 17.1 Å². The summed E-state index contributed by atoms with van der Waals surface area (Å²) in [6, 6.07) is 75.0. The maximum absolute atomic E-state index is 2.53. The first-order chi connectivity index (χ1) is 31.0. The summed E-state index contributed by atoms with van der Waals surface area (Å²) in [5, 5.41) is 0. The van der Waals surface area contributed by atoms with Gasteiger partial charge in [0, 0.05) is 33.3 Å². The van der Waals surface area contributed by atoms with Gasteiger partial charge in [-0.05, 0) is 161 Å². The molecule has 0 unspecified atom stereocenters. The maximum atomic E-state index is 2.53. The second-order valence-corrected chi connectivity index (χ2v) is 19.7. The smallest absolute Gasteiger partial charge is 0.0465 e. The Kier molecular flexibility index (Phi) is 8.35. The first-order valence-corrected chi connectivity index (χ1v) is 22.8. The Morgan fingerprint density at radius 3 is 1.16 bits per heavy atom. The molecule has 3 aliphatic rings. The summed E-state index contributed by atoms with van der Waals surface area (Å²) in [6.07, 6.45) is 0. The zero-order valence-electron chi connectivity index (χ0n) is 37.5. The van der Waals surface area contributed by atoms with Crippen LogP contribution in [-0.2, 0) is 16.2 Å². The molecule has 12 rings (SSSR count). The van der Waals surface area contributed by atoms with Gasteiger partial charge in [0.1, 0.15) is 0 Å². The van der Waals surface area contributed by atoms with E-state index in [0.29, 0.717) is 0 Å². The molecule has 0 N–H and O–H groups in total. The predicted molar refractivity (Wildman–Crippen MR) is 270 cm³/mol. The molecule has 0 spiro atoms. The van der Waals surface area contributed by atoms with Crippen LogP contribution in [0.15, 0.2) is 200 Å². The summed E-state index contributed by atoms with van der Waals surface area (Å²) >= 11 is 0. The van der Waals surface area contributed by atoms with Crippen LogP contribution < -0.4 is 4.90 Å². The van der Waals surface area contributed by atoms with Gasteiger partial charge in [-0.2, -0.15) is 0 Å². The summed E-state index contributed by atoms with van der Waals surface area (Å²) in [5.41, 5.74) is 27.0. The van der Waals surface area contributed by atoms with E-state index >= 15 is 0 Å². The van der Waals surface area contributed by atoms with Gasteiger partial charge in [0.25, 0.3) is 0 Å². The summed E-state index contributed by atoms with van der Waals surface area (Å²) < 4.78 is 0.